The predicted octanol–water partition coefficient (Wildman–Crippen LogP) is 0.120. The van der Waals surface area contributed by atoms with E-state index >= 15 is 0 Å². The van der Waals surface area contributed by atoms with Crippen molar-refractivity contribution in [2.75, 3.05) is 13.1 Å². The predicted molar refractivity (Wildman–Crippen MR) is 68.9 cm³/mol. The van der Waals surface area contributed by atoms with Gasteiger partial charge in [0, 0.05) is 32.3 Å². The zero-order chi connectivity index (χ0) is 13.8. The fraction of sp³-hybridized carbons (Fsp3) is 0.750. The zero-order valence-corrected chi connectivity index (χ0v) is 12.0. The second-order valence-corrected chi connectivity index (χ2v) is 7.51. The van der Waals surface area contributed by atoms with E-state index in [-0.39, 0.29) is 17.0 Å². The Kier molecular flexibility index (Phi) is 2.95. The van der Waals surface area contributed by atoms with Crippen LogP contribution in [0.5, 0.6) is 0 Å². The van der Waals surface area contributed by atoms with Gasteiger partial charge in [-0.25, -0.2) is 13.4 Å². The lowest BCUT2D eigenvalue weighted by molar-refractivity contribution is 0.129. The zero-order valence-electron chi connectivity index (χ0n) is 11.2. The van der Waals surface area contributed by atoms with Crippen molar-refractivity contribution in [1.82, 2.24) is 13.9 Å². The van der Waals surface area contributed by atoms with Gasteiger partial charge in [-0.15, -0.1) is 0 Å². The molecule has 1 aliphatic heterocycles. The molecule has 106 valence electrons. The Morgan fingerprint density at radius 2 is 2.11 bits per heavy atom. The highest BCUT2D eigenvalue weighted by Gasteiger charge is 2.46. The first-order chi connectivity index (χ1) is 8.89. The van der Waals surface area contributed by atoms with Gasteiger partial charge in [0.15, 0.2) is 5.03 Å². The smallest absolute Gasteiger partial charge is 0.262 e. The molecule has 1 aromatic rings. The van der Waals surface area contributed by atoms with Crippen LogP contribution in [-0.2, 0) is 17.1 Å². The molecule has 1 saturated carbocycles. The van der Waals surface area contributed by atoms with E-state index in [1.807, 2.05) is 0 Å². The third kappa shape index (κ3) is 2.00. The number of aryl methyl sites for hydroxylation is 2. The molecule has 0 amide bonds. The van der Waals surface area contributed by atoms with Crippen LogP contribution in [0.15, 0.2) is 11.2 Å². The number of nitrogens with zero attached hydrogens (tertiary/aromatic N) is 3. The fourth-order valence-corrected chi connectivity index (χ4v) is 4.73. The molecule has 7 heteroatoms. The number of aliphatic hydroxyl groups is 1. The Labute approximate surface area is 113 Å². The average Bonchev–Trinajstić information content (AvgIpc) is 2.99. The van der Waals surface area contributed by atoms with Crippen LogP contribution >= 0.6 is 0 Å². The van der Waals surface area contributed by atoms with Crippen LogP contribution in [0.3, 0.4) is 0 Å². The van der Waals surface area contributed by atoms with E-state index in [4.69, 9.17) is 0 Å². The van der Waals surface area contributed by atoms with E-state index in [2.05, 4.69) is 4.98 Å². The summed E-state index contributed by atoms with van der Waals surface area (Å²) in [6.45, 7) is 2.71. The van der Waals surface area contributed by atoms with Crippen molar-refractivity contribution in [3.05, 3.63) is 12.0 Å². The van der Waals surface area contributed by atoms with E-state index < -0.39 is 10.0 Å². The standard InChI is InChI=1S/C12H19N3O3S/c1-8-13-12(7-14(8)2)19(17,18)15-5-9-3-4-11(16)10(9)6-15/h7,9-11,16H,3-6H2,1-2H3. The quantitative estimate of drug-likeness (QED) is 0.837. The maximum absolute atomic E-state index is 12.5. The molecule has 1 saturated heterocycles. The Balaban J connectivity index is 1.86. The molecule has 0 spiro atoms. The van der Waals surface area contributed by atoms with Crippen LogP contribution in [0, 0.1) is 18.8 Å². The van der Waals surface area contributed by atoms with Gasteiger partial charge in [-0.1, -0.05) is 0 Å². The van der Waals surface area contributed by atoms with Crippen LogP contribution in [-0.4, -0.2) is 46.6 Å². The summed E-state index contributed by atoms with van der Waals surface area (Å²) in [7, 11) is -1.73. The number of fused-ring (bicyclic) bond motifs is 1. The fourth-order valence-electron chi connectivity index (χ4n) is 3.17. The molecule has 1 aliphatic carbocycles. The van der Waals surface area contributed by atoms with Crippen LogP contribution in [0.1, 0.15) is 18.7 Å². The number of hydrogen-bond acceptors (Lipinski definition) is 4. The number of rotatable bonds is 2. The first kappa shape index (κ1) is 13.1. The minimum Gasteiger partial charge on any atom is -0.393 e. The van der Waals surface area contributed by atoms with Gasteiger partial charge >= 0.3 is 0 Å². The van der Waals surface area contributed by atoms with Crippen molar-refractivity contribution in [3.63, 3.8) is 0 Å². The molecular formula is C12H19N3O3S. The van der Waals surface area contributed by atoms with Crippen molar-refractivity contribution < 1.29 is 13.5 Å². The van der Waals surface area contributed by atoms with Gasteiger partial charge in [0.1, 0.15) is 5.82 Å². The normalized spacial score (nSPS) is 31.8. The minimum atomic E-state index is -3.52. The first-order valence-corrected chi connectivity index (χ1v) is 8.02. The van der Waals surface area contributed by atoms with Gasteiger partial charge in [0.05, 0.1) is 6.10 Å². The maximum atomic E-state index is 12.5. The number of hydrogen-bond donors (Lipinski definition) is 1. The molecule has 2 fully saturated rings. The molecule has 0 bridgehead atoms. The lowest BCUT2D eigenvalue weighted by atomic mass is 10.00. The van der Waals surface area contributed by atoms with E-state index in [1.54, 1.807) is 24.7 Å². The molecular weight excluding hydrogens is 266 g/mol. The lowest BCUT2D eigenvalue weighted by Crippen LogP contribution is -2.31. The van der Waals surface area contributed by atoms with Gasteiger partial charge in [-0.2, -0.15) is 4.31 Å². The highest BCUT2D eigenvalue weighted by atomic mass is 32.2. The van der Waals surface area contributed by atoms with Crippen molar-refractivity contribution in [1.29, 1.82) is 0 Å². The minimum absolute atomic E-state index is 0.0968. The summed E-state index contributed by atoms with van der Waals surface area (Å²) in [6.07, 6.45) is 2.91. The topological polar surface area (TPSA) is 75.4 Å². The van der Waals surface area contributed by atoms with Crippen molar-refractivity contribution in [2.45, 2.75) is 30.9 Å². The van der Waals surface area contributed by atoms with Gasteiger partial charge in [-0.3, -0.25) is 0 Å². The molecule has 1 N–H and O–H groups in total. The molecule has 2 aliphatic rings. The molecule has 6 nitrogen and oxygen atoms in total. The second-order valence-electron chi connectivity index (χ2n) is 5.63. The average molecular weight is 285 g/mol. The monoisotopic (exact) mass is 285 g/mol. The summed E-state index contributed by atoms with van der Waals surface area (Å²) in [5.41, 5.74) is 0. The van der Waals surface area contributed by atoms with Crippen LogP contribution in [0.4, 0.5) is 0 Å². The Hall–Kier alpha value is -0.920. The van der Waals surface area contributed by atoms with E-state index in [0.717, 1.165) is 12.8 Å². The van der Waals surface area contributed by atoms with Crippen molar-refractivity contribution in [2.24, 2.45) is 18.9 Å². The van der Waals surface area contributed by atoms with Crippen LogP contribution in [0.2, 0.25) is 0 Å². The third-order valence-electron chi connectivity index (χ3n) is 4.48. The lowest BCUT2D eigenvalue weighted by Gasteiger charge is -2.16. The van der Waals surface area contributed by atoms with Gasteiger partial charge in [0.25, 0.3) is 10.0 Å². The molecule has 19 heavy (non-hydrogen) atoms. The summed E-state index contributed by atoms with van der Waals surface area (Å²) in [4.78, 5) is 4.11. The molecule has 0 radical (unpaired) electrons. The van der Waals surface area contributed by atoms with Crippen molar-refractivity contribution >= 4 is 10.0 Å². The van der Waals surface area contributed by atoms with Gasteiger partial charge < -0.3 is 9.67 Å². The van der Waals surface area contributed by atoms with E-state index in [9.17, 15) is 13.5 Å². The van der Waals surface area contributed by atoms with Crippen LogP contribution < -0.4 is 0 Å². The number of imidazole rings is 1. The number of aromatic nitrogens is 2. The number of sulfonamides is 1. The second kappa shape index (κ2) is 4.29. The summed E-state index contributed by atoms with van der Waals surface area (Å²) in [5.74, 6) is 1.08. The summed E-state index contributed by atoms with van der Waals surface area (Å²) in [6, 6.07) is 0. The Morgan fingerprint density at radius 3 is 2.68 bits per heavy atom. The highest BCUT2D eigenvalue weighted by molar-refractivity contribution is 7.89. The summed E-state index contributed by atoms with van der Waals surface area (Å²) >= 11 is 0. The largest absolute Gasteiger partial charge is 0.393 e. The van der Waals surface area contributed by atoms with Crippen molar-refractivity contribution in [3.8, 4) is 0 Å². The molecule has 3 atom stereocenters. The molecule has 3 unspecified atom stereocenters. The third-order valence-corrected chi connectivity index (χ3v) is 6.18. The van der Waals surface area contributed by atoms with E-state index in [0.29, 0.717) is 24.8 Å². The Bertz CT molecular complexity index is 576. The van der Waals surface area contributed by atoms with Crippen LogP contribution in [0.25, 0.3) is 0 Å². The molecule has 3 rings (SSSR count). The molecule has 2 heterocycles. The van der Waals surface area contributed by atoms with E-state index in [1.165, 1.54) is 4.31 Å². The molecule has 1 aromatic heterocycles. The molecule has 0 aromatic carbocycles. The summed E-state index contributed by atoms with van der Waals surface area (Å²) in [5, 5.41) is 9.97. The Morgan fingerprint density at radius 1 is 1.37 bits per heavy atom. The highest BCUT2D eigenvalue weighted by Crippen LogP contribution is 2.39. The SMILES string of the molecule is Cc1nc(S(=O)(=O)N2CC3CCC(O)C3C2)cn1C. The van der Waals surface area contributed by atoms with Gasteiger partial charge in [-0.05, 0) is 25.7 Å². The number of aliphatic hydroxyl groups excluding tert-OH is 1. The summed E-state index contributed by atoms with van der Waals surface area (Å²) < 4.78 is 28.2. The van der Waals surface area contributed by atoms with Gasteiger partial charge in [0.2, 0.25) is 0 Å². The maximum Gasteiger partial charge on any atom is 0.262 e. The first-order valence-electron chi connectivity index (χ1n) is 6.58.